The highest BCUT2D eigenvalue weighted by molar-refractivity contribution is 6.94. The van der Waals surface area contributed by atoms with Crippen LogP contribution in [0.5, 0.6) is 0 Å². The van der Waals surface area contributed by atoms with Crippen LogP contribution < -0.4 is 10.9 Å². The largest absolute Gasteiger partial charge is 0.238 e. The van der Waals surface area contributed by atoms with Gasteiger partial charge in [0, 0.05) is 0 Å². The van der Waals surface area contributed by atoms with Crippen LogP contribution in [0.3, 0.4) is 0 Å². The van der Waals surface area contributed by atoms with Crippen LogP contribution in [-0.4, -0.2) is 6.71 Å². The number of benzene rings is 3. The summed E-state index contributed by atoms with van der Waals surface area (Å²) in [7, 11) is 0. The van der Waals surface area contributed by atoms with Gasteiger partial charge in [-0.2, -0.15) is 0 Å². The van der Waals surface area contributed by atoms with Gasteiger partial charge in [-0.15, -0.1) is 0 Å². The molecule has 0 saturated heterocycles. The third-order valence-corrected chi connectivity index (χ3v) is 7.69. The van der Waals surface area contributed by atoms with Gasteiger partial charge in [-0.1, -0.05) is 124 Å². The molecule has 1 unspecified atom stereocenters. The molecule has 1 aliphatic rings. The second kappa shape index (κ2) is 9.99. The number of rotatable bonds is 7. The van der Waals surface area contributed by atoms with Crippen LogP contribution in [0, 0.1) is 12.8 Å². The molecule has 34 heavy (non-hydrogen) atoms. The molecule has 4 rings (SSSR count). The van der Waals surface area contributed by atoms with E-state index < -0.39 is 0 Å². The van der Waals surface area contributed by atoms with Crippen molar-refractivity contribution in [2.24, 2.45) is 5.92 Å². The van der Waals surface area contributed by atoms with Crippen LogP contribution in [0.25, 0.3) is 16.8 Å². The molecule has 3 aromatic rings. The van der Waals surface area contributed by atoms with Crippen molar-refractivity contribution in [1.82, 2.24) is 0 Å². The number of hydrogen-bond donors (Lipinski definition) is 0. The molecule has 0 saturated carbocycles. The summed E-state index contributed by atoms with van der Waals surface area (Å²) >= 11 is 0. The van der Waals surface area contributed by atoms with Gasteiger partial charge < -0.3 is 0 Å². The third-order valence-electron chi connectivity index (χ3n) is 7.69. The van der Waals surface area contributed by atoms with E-state index in [2.05, 4.69) is 116 Å². The van der Waals surface area contributed by atoms with Crippen molar-refractivity contribution in [1.29, 1.82) is 0 Å². The van der Waals surface area contributed by atoms with Crippen molar-refractivity contribution < 1.29 is 0 Å². The molecular weight excluding hydrogens is 407 g/mol. The molecule has 0 nitrogen and oxygen atoms in total. The number of aryl methyl sites for hydroxylation is 2. The monoisotopic (exact) mass is 448 g/mol. The molecule has 176 valence electrons. The van der Waals surface area contributed by atoms with E-state index in [4.69, 9.17) is 0 Å². The van der Waals surface area contributed by atoms with Crippen LogP contribution in [0.1, 0.15) is 94.5 Å². The van der Waals surface area contributed by atoms with Crippen molar-refractivity contribution in [2.45, 2.75) is 80.1 Å². The number of hydrogen-bond acceptors (Lipinski definition) is 0. The molecule has 1 aliphatic heterocycles. The van der Waals surface area contributed by atoms with Crippen molar-refractivity contribution in [2.75, 3.05) is 0 Å². The van der Waals surface area contributed by atoms with Crippen molar-refractivity contribution in [3.05, 3.63) is 87.9 Å². The first-order chi connectivity index (χ1) is 16.3. The molecule has 0 N–H and O–H groups in total. The molecule has 0 aliphatic carbocycles. The highest BCUT2D eigenvalue weighted by atomic mass is 14.2. The van der Waals surface area contributed by atoms with Crippen LogP contribution >= 0.6 is 0 Å². The molecule has 1 atom stereocenters. The van der Waals surface area contributed by atoms with E-state index in [1.165, 1.54) is 44.1 Å². The lowest BCUT2D eigenvalue weighted by Gasteiger charge is -2.26. The standard InChI is InChI=1S/C33H41B/c1-9-13-23(7)16-27-20-31-29-15-12-11-14-28(29)24(8)17-32(31)34(27)33-25(10-2)18-26(21(3)4)19-30(33)22(5)6/h9,11-15,17-23H,10,16H2,1-8H3/b13-9+. The summed E-state index contributed by atoms with van der Waals surface area (Å²) in [6.45, 7) is 18.8. The maximum Gasteiger partial charge on any atom is 0.238 e. The first kappa shape index (κ1) is 24.6. The Morgan fingerprint density at radius 3 is 2.24 bits per heavy atom. The van der Waals surface area contributed by atoms with Crippen molar-refractivity contribution in [3.63, 3.8) is 0 Å². The van der Waals surface area contributed by atoms with Crippen LogP contribution in [0.15, 0.2) is 60.1 Å². The number of allylic oxidation sites excluding steroid dienone is 3. The fourth-order valence-electron chi connectivity index (χ4n) is 5.98. The SMILES string of the molecule is C/C=C/C(C)CC1=Cc2c(cc(C)c3ccccc23)B1c1c(CC)cc(C(C)C)cc1C(C)C. The Balaban J connectivity index is 2.03. The van der Waals surface area contributed by atoms with E-state index in [0.717, 1.165) is 12.8 Å². The highest BCUT2D eigenvalue weighted by Crippen LogP contribution is 2.33. The first-order valence-electron chi connectivity index (χ1n) is 13.3. The Labute approximate surface area is 208 Å². The van der Waals surface area contributed by atoms with Crippen molar-refractivity contribution >= 4 is 34.5 Å². The quantitative estimate of drug-likeness (QED) is 0.253. The smallest absolute Gasteiger partial charge is 0.0914 e. The summed E-state index contributed by atoms with van der Waals surface area (Å²) in [6, 6.07) is 16.5. The van der Waals surface area contributed by atoms with E-state index in [9.17, 15) is 0 Å². The Kier molecular flexibility index (Phi) is 7.22. The summed E-state index contributed by atoms with van der Waals surface area (Å²) in [5.41, 5.74) is 12.0. The Bertz CT molecular complexity index is 1260. The van der Waals surface area contributed by atoms with Gasteiger partial charge in [-0.25, -0.2) is 0 Å². The van der Waals surface area contributed by atoms with Crippen molar-refractivity contribution in [3.8, 4) is 0 Å². The Morgan fingerprint density at radius 2 is 1.62 bits per heavy atom. The lowest BCUT2D eigenvalue weighted by molar-refractivity contribution is 0.736. The van der Waals surface area contributed by atoms with E-state index >= 15 is 0 Å². The summed E-state index contributed by atoms with van der Waals surface area (Å²) in [5, 5.41) is 2.79. The molecule has 0 spiro atoms. The highest BCUT2D eigenvalue weighted by Gasteiger charge is 2.36. The fourth-order valence-corrected chi connectivity index (χ4v) is 5.98. The third kappa shape index (κ3) is 4.42. The zero-order chi connectivity index (χ0) is 24.6. The van der Waals surface area contributed by atoms with Gasteiger partial charge in [0.2, 0.25) is 6.71 Å². The Morgan fingerprint density at radius 1 is 0.912 bits per heavy atom. The minimum absolute atomic E-state index is 0.347. The van der Waals surface area contributed by atoms with Gasteiger partial charge in [0.05, 0.1) is 0 Å². The average molecular weight is 449 g/mol. The normalized spacial score (nSPS) is 14.5. The molecule has 0 aromatic heterocycles. The summed E-state index contributed by atoms with van der Waals surface area (Å²) in [5.74, 6) is 1.57. The van der Waals surface area contributed by atoms with E-state index in [1.54, 1.807) is 10.9 Å². The van der Waals surface area contributed by atoms with E-state index in [-0.39, 0.29) is 0 Å². The van der Waals surface area contributed by atoms with Gasteiger partial charge >= 0.3 is 0 Å². The molecular formula is C33H41B. The predicted molar refractivity (Wildman–Crippen MR) is 154 cm³/mol. The molecule has 0 fully saturated rings. The predicted octanol–water partition coefficient (Wildman–Crippen LogP) is 8.10. The van der Waals surface area contributed by atoms with Crippen LogP contribution in [0.4, 0.5) is 0 Å². The van der Waals surface area contributed by atoms with Gasteiger partial charge in [-0.3, -0.25) is 0 Å². The van der Waals surface area contributed by atoms with Gasteiger partial charge in [0.1, 0.15) is 0 Å². The lowest BCUT2D eigenvalue weighted by Crippen LogP contribution is -2.47. The van der Waals surface area contributed by atoms with E-state index in [1.807, 2.05) is 0 Å². The molecule has 3 aromatic carbocycles. The average Bonchev–Trinajstić information content (AvgIpc) is 3.15. The molecule has 0 radical (unpaired) electrons. The maximum atomic E-state index is 2.54. The second-order valence-electron chi connectivity index (χ2n) is 10.9. The topological polar surface area (TPSA) is 0 Å². The van der Waals surface area contributed by atoms with Gasteiger partial charge in [0.15, 0.2) is 0 Å². The summed E-state index contributed by atoms with van der Waals surface area (Å²) in [6.07, 6.45) is 9.28. The molecule has 0 bridgehead atoms. The zero-order valence-corrected chi connectivity index (χ0v) is 22.5. The maximum absolute atomic E-state index is 2.54. The van der Waals surface area contributed by atoms with Gasteiger partial charge in [-0.05, 0) is 77.5 Å². The summed E-state index contributed by atoms with van der Waals surface area (Å²) in [4.78, 5) is 0. The molecule has 0 amide bonds. The Hall–Kier alpha value is -2.54. The number of fused-ring (bicyclic) bond motifs is 3. The van der Waals surface area contributed by atoms with Crippen LogP contribution in [0.2, 0.25) is 0 Å². The van der Waals surface area contributed by atoms with Crippen LogP contribution in [-0.2, 0) is 6.42 Å². The molecule has 1 heterocycles. The lowest BCUT2D eigenvalue weighted by atomic mass is 9.35. The second-order valence-corrected chi connectivity index (χ2v) is 10.9. The zero-order valence-electron chi connectivity index (χ0n) is 22.5. The fraction of sp³-hybridized carbons (Fsp3) is 0.394. The summed E-state index contributed by atoms with van der Waals surface area (Å²) < 4.78 is 0. The minimum Gasteiger partial charge on any atom is -0.0914 e. The first-order valence-corrected chi connectivity index (χ1v) is 13.3. The van der Waals surface area contributed by atoms with E-state index in [0.29, 0.717) is 24.5 Å². The minimum atomic E-state index is 0.347. The van der Waals surface area contributed by atoms with Gasteiger partial charge in [0.25, 0.3) is 0 Å². The molecule has 1 heteroatoms.